The molecule has 0 amide bonds. The number of aromatic nitrogens is 2. The maximum Gasteiger partial charge on any atom is 0.228 e. The van der Waals surface area contributed by atoms with Crippen LogP contribution in [-0.4, -0.2) is 29.4 Å². The van der Waals surface area contributed by atoms with Crippen molar-refractivity contribution in [1.29, 1.82) is 0 Å². The largest absolute Gasteiger partial charge is 0.228 e. The lowest BCUT2D eigenvalue weighted by Crippen LogP contribution is -2.06. The quantitative estimate of drug-likeness (QED) is 0.687. The third kappa shape index (κ3) is 2.11. The molecule has 0 bridgehead atoms. The standard InChI is InChI=1S/C4H5ClN2O2S2/c5-1-2-11(8,9)4-6-3-7-10-4/h3H,1-2H2. The van der Waals surface area contributed by atoms with E-state index in [9.17, 15) is 8.42 Å². The Kier molecular flexibility index (Phi) is 2.80. The molecule has 11 heavy (non-hydrogen) atoms. The van der Waals surface area contributed by atoms with Gasteiger partial charge in [-0.1, -0.05) is 0 Å². The van der Waals surface area contributed by atoms with E-state index in [1.54, 1.807) is 0 Å². The number of hydrogen-bond donors (Lipinski definition) is 0. The third-order valence-corrected chi connectivity index (χ3v) is 4.19. The molecule has 0 aliphatic heterocycles. The lowest BCUT2D eigenvalue weighted by atomic mass is 11.0. The van der Waals surface area contributed by atoms with Gasteiger partial charge in [0.15, 0.2) is 0 Å². The van der Waals surface area contributed by atoms with Crippen molar-refractivity contribution >= 4 is 33.0 Å². The molecule has 1 heterocycles. The lowest BCUT2D eigenvalue weighted by molar-refractivity contribution is 0.596. The molecule has 0 aliphatic carbocycles. The average molecular weight is 213 g/mol. The van der Waals surface area contributed by atoms with Crippen molar-refractivity contribution in [3.05, 3.63) is 6.33 Å². The van der Waals surface area contributed by atoms with Gasteiger partial charge in [0.1, 0.15) is 6.33 Å². The summed E-state index contributed by atoms with van der Waals surface area (Å²) in [6.07, 6.45) is 1.21. The van der Waals surface area contributed by atoms with Gasteiger partial charge in [0, 0.05) is 5.88 Å². The summed E-state index contributed by atoms with van der Waals surface area (Å²) >= 11 is 6.14. The zero-order valence-corrected chi connectivity index (χ0v) is 7.79. The Morgan fingerprint density at radius 1 is 1.64 bits per heavy atom. The maximum atomic E-state index is 11.1. The smallest absolute Gasteiger partial charge is 0.221 e. The predicted molar refractivity (Wildman–Crippen MR) is 42.7 cm³/mol. The summed E-state index contributed by atoms with van der Waals surface area (Å²) in [7, 11) is -3.25. The molecule has 0 spiro atoms. The Morgan fingerprint density at radius 3 is 2.82 bits per heavy atom. The van der Waals surface area contributed by atoms with Gasteiger partial charge < -0.3 is 0 Å². The molecule has 0 N–H and O–H groups in total. The van der Waals surface area contributed by atoms with Crippen LogP contribution in [0.5, 0.6) is 0 Å². The van der Waals surface area contributed by atoms with Crippen LogP contribution in [0.15, 0.2) is 10.7 Å². The minimum atomic E-state index is -3.25. The van der Waals surface area contributed by atoms with Crippen LogP contribution in [0.25, 0.3) is 0 Å². The molecule has 0 aromatic carbocycles. The first kappa shape index (κ1) is 8.89. The van der Waals surface area contributed by atoms with Gasteiger partial charge in [-0.25, -0.2) is 13.4 Å². The predicted octanol–water partition coefficient (Wildman–Crippen LogP) is 0.551. The summed E-state index contributed by atoms with van der Waals surface area (Å²) in [5.74, 6) is 0.00562. The lowest BCUT2D eigenvalue weighted by Gasteiger charge is -1.92. The van der Waals surface area contributed by atoms with E-state index in [0.717, 1.165) is 11.5 Å². The molecular weight excluding hydrogens is 208 g/mol. The molecule has 4 nitrogen and oxygen atoms in total. The molecule has 0 saturated heterocycles. The highest BCUT2D eigenvalue weighted by atomic mass is 35.5. The van der Waals surface area contributed by atoms with Crippen LogP contribution in [0, 0.1) is 0 Å². The van der Waals surface area contributed by atoms with Crippen molar-refractivity contribution in [2.75, 3.05) is 11.6 Å². The second kappa shape index (κ2) is 3.46. The highest BCUT2D eigenvalue weighted by molar-refractivity contribution is 7.93. The summed E-state index contributed by atoms with van der Waals surface area (Å²) in [6.45, 7) is 0. The normalized spacial score (nSPS) is 11.7. The third-order valence-electron chi connectivity index (χ3n) is 0.953. The average Bonchev–Trinajstić information content (AvgIpc) is 2.37. The summed E-state index contributed by atoms with van der Waals surface area (Å²) < 4.78 is 25.9. The summed E-state index contributed by atoms with van der Waals surface area (Å²) in [5.41, 5.74) is 0. The molecule has 1 aromatic rings. The van der Waals surface area contributed by atoms with Crippen molar-refractivity contribution in [2.24, 2.45) is 0 Å². The molecule has 0 radical (unpaired) electrons. The number of alkyl halides is 1. The van der Waals surface area contributed by atoms with Crippen molar-refractivity contribution < 1.29 is 8.42 Å². The first-order chi connectivity index (χ1) is 5.17. The summed E-state index contributed by atoms with van der Waals surface area (Å²) in [4.78, 5) is 3.57. The van der Waals surface area contributed by atoms with Gasteiger partial charge in [-0.05, 0) is 11.5 Å². The van der Waals surface area contributed by atoms with E-state index in [1.807, 2.05) is 0 Å². The molecule has 7 heteroatoms. The van der Waals surface area contributed by atoms with Gasteiger partial charge in [0.25, 0.3) is 0 Å². The fourth-order valence-corrected chi connectivity index (χ4v) is 2.80. The second-order valence-corrected chi connectivity index (χ2v) is 5.16. The molecular formula is C4H5ClN2O2S2. The Morgan fingerprint density at radius 2 is 2.36 bits per heavy atom. The van der Waals surface area contributed by atoms with Gasteiger partial charge >= 0.3 is 0 Å². The van der Waals surface area contributed by atoms with E-state index in [-0.39, 0.29) is 16.0 Å². The van der Waals surface area contributed by atoms with E-state index in [1.165, 1.54) is 6.33 Å². The molecule has 0 saturated carbocycles. The van der Waals surface area contributed by atoms with Crippen LogP contribution in [0.4, 0.5) is 0 Å². The molecule has 62 valence electrons. The molecule has 0 atom stereocenters. The maximum absolute atomic E-state index is 11.1. The molecule has 1 aromatic heterocycles. The Bertz CT molecular complexity index is 307. The summed E-state index contributed by atoms with van der Waals surface area (Å²) in [6, 6.07) is 0. The number of halogens is 1. The van der Waals surface area contributed by atoms with Crippen LogP contribution in [0.1, 0.15) is 0 Å². The molecule has 0 aliphatic rings. The van der Waals surface area contributed by atoms with E-state index >= 15 is 0 Å². The van der Waals surface area contributed by atoms with E-state index in [2.05, 4.69) is 9.36 Å². The SMILES string of the molecule is O=S(=O)(CCCl)c1ncns1. The zero-order valence-electron chi connectivity index (χ0n) is 5.40. The van der Waals surface area contributed by atoms with Crippen LogP contribution in [0.2, 0.25) is 0 Å². The Hall–Kier alpha value is -0.200. The van der Waals surface area contributed by atoms with Crippen molar-refractivity contribution in [1.82, 2.24) is 9.36 Å². The van der Waals surface area contributed by atoms with Gasteiger partial charge in [0.05, 0.1) is 5.75 Å². The van der Waals surface area contributed by atoms with E-state index in [0.29, 0.717) is 0 Å². The topological polar surface area (TPSA) is 59.9 Å². The van der Waals surface area contributed by atoms with Crippen molar-refractivity contribution in [3.63, 3.8) is 0 Å². The number of hydrogen-bond acceptors (Lipinski definition) is 5. The van der Waals surface area contributed by atoms with E-state index in [4.69, 9.17) is 11.6 Å². The van der Waals surface area contributed by atoms with Gasteiger partial charge in [-0.15, -0.1) is 11.6 Å². The van der Waals surface area contributed by atoms with Crippen molar-refractivity contribution in [2.45, 2.75) is 4.34 Å². The fourth-order valence-electron chi connectivity index (χ4n) is 0.489. The van der Waals surface area contributed by atoms with Gasteiger partial charge in [0.2, 0.25) is 14.2 Å². The highest BCUT2D eigenvalue weighted by Crippen LogP contribution is 2.10. The van der Waals surface area contributed by atoms with Crippen LogP contribution in [0.3, 0.4) is 0 Å². The Balaban J connectivity index is 2.92. The number of sulfone groups is 1. The second-order valence-electron chi connectivity index (χ2n) is 1.72. The van der Waals surface area contributed by atoms with Gasteiger partial charge in [-0.3, -0.25) is 0 Å². The number of rotatable bonds is 3. The molecule has 0 fully saturated rings. The van der Waals surface area contributed by atoms with Crippen LogP contribution < -0.4 is 0 Å². The highest BCUT2D eigenvalue weighted by Gasteiger charge is 2.16. The molecule has 0 unspecified atom stereocenters. The molecule has 1 rings (SSSR count). The van der Waals surface area contributed by atoms with Crippen LogP contribution >= 0.6 is 23.1 Å². The fraction of sp³-hybridized carbons (Fsp3) is 0.500. The minimum absolute atomic E-state index is 0.0400. The first-order valence-electron chi connectivity index (χ1n) is 2.72. The van der Waals surface area contributed by atoms with E-state index < -0.39 is 9.84 Å². The number of nitrogens with zero attached hydrogens (tertiary/aromatic N) is 2. The van der Waals surface area contributed by atoms with Crippen molar-refractivity contribution in [3.8, 4) is 0 Å². The zero-order chi connectivity index (χ0) is 8.32. The van der Waals surface area contributed by atoms with Gasteiger partial charge in [-0.2, -0.15) is 4.37 Å². The first-order valence-corrected chi connectivity index (χ1v) is 5.68. The monoisotopic (exact) mass is 212 g/mol. The Labute approximate surface area is 73.3 Å². The van der Waals surface area contributed by atoms with Crippen LogP contribution in [-0.2, 0) is 9.84 Å². The summed E-state index contributed by atoms with van der Waals surface area (Å²) in [5, 5.41) is 0. The minimum Gasteiger partial charge on any atom is -0.221 e.